The summed E-state index contributed by atoms with van der Waals surface area (Å²) in [7, 11) is 4.21. The zero-order chi connectivity index (χ0) is 13.9. The van der Waals surface area contributed by atoms with E-state index < -0.39 is 0 Å². The number of quaternary nitrogens is 1. The van der Waals surface area contributed by atoms with Crippen LogP contribution >= 0.6 is 23.2 Å². The molecule has 0 aromatic heterocycles. The van der Waals surface area contributed by atoms with Gasteiger partial charge in [0.1, 0.15) is 4.49 Å². The van der Waals surface area contributed by atoms with Gasteiger partial charge in [0.25, 0.3) is 0 Å². The largest absolute Gasteiger partial charge is 0.356 e. The van der Waals surface area contributed by atoms with Crippen molar-refractivity contribution in [2.75, 3.05) is 27.2 Å². The summed E-state index contributed by atoms with van der Waals surface area (Å²) < 4.78 is 0.250. The third-order valence-electron chi connectivity index (χ3n) is 3.65. The molecule has 1 aliphatic rings. The highest BCUT2D eigenvalue weighted by atomic mass is 35.5. The Morgan fingerprint density at radius 2 is 2.00 bits per heavy atom. The van der Waals surface area contributed by atoms with Gasteiger partial charge in [0.15, 0.2) is 0 Å². The molecule has 0 aromatic rings. The summed E-state index contributed by atoms with van der Waals surface area (Å²) in [5.74, 6) is 0.267. The number of nitrogens with one attached hydrogen (secondary N) is 2. The van der Waals surface area contributed by atoms with Crippen molar-refractivity contribution >= 4 is 29.1 Å². The third-order valence-corrected chi connectivity index (χ3v) is 3.90. The van der Waals surface area contributed by atoms with Gasteiger partial charge in [-0.3, -0.25) is 4.79 Å². The molecule has 0 saturated heterocycles. The summed E-state index contributed by atoms with van der Waals surface area (Å²) >= 11 is 11.3. The van der Waals surface area contributed by atoms with Crippen LogP contribution in [-0.4, -0.2) is 33.1 Å². The highest BCUT2D eigenvalue weighted by molar-refractivity contribution is 6.55. The molecule has 5 heteroatoms. The molecule has 0 radical (unpaired) electrons. The summed E-state index contributed by atoms with van der Waals surface area (Å²) in [5, 5.41) is 2.99. The van der Waals surface area contributed by atoms with E-state index in [9.17, 15) is 4.79 Å². The van der Waals surface area contributed by atoms with Gasteiger partial charge in [0.05, 0.1) is 26.6 Å². The molecule has 1 aliphatic carbocycles. The van der Waals surface area contributed by atoms with E-state index in [1.807, 2.05) is 0 Å². The molecule has 1 amide bonds. The zero-order valence-corrected chi connectivity index (χ0v) is 13.0. The van der Waals surface area contributed by atoms with E-state index in [0.29, 0.717) is 0 Å². The van der Waals surface area contributed by atoms with Crippen molar-refractivity contribution in [2.24, 2.45) is 17.3 Å². The molecular weight excluding hydrogens is 271 g/mol. The first-order chi connectivity index (χ1) is 8.26. The predicted molar refractivity (Wildman–Crippen MR) is 75.9 cm³/mol. The van der Waals surface area contributed by atoms with Crippen molar-refractivity contribution in [1.29, 1.82) is 0 Å². The summed E-state index contributed by atoms with van der Waals surface area (Å²) in [6.07, 6.45) is 2.77. The first kappa shape index (κ1) is 15.8. The first-order valence-electron chi connectivity index (χ1n) is 6.36. The smallest absolute Gasteiger partial charge is 0.224 e. The minimum absolute atomic E-state index is 0.00305. The fourth-order valence-electron chi connectivity index (χ4n) is 2.39. The monoisotopic (exact) mass is 293 g/mol. The van der Waals surface area contributed by atoms with Crippen molar-refractivity contribution in [3.8, 4) is 0 Å². The Morgan fingerprint density at radius 3 is 2.50 bits per heavy atom. The Bertz CT molecular complexity index is 336. The number of halogens is 2. The molecular formula is C13H23Cl2N2O+. The lowest BCUT2D eigenvalue weighted by Crippen LogP contribution is -3.05. The maximum absolute atomic E-state index is 12.0. The molecule has 3 nitrogen and oxygen atoms in total. The minimum atomic E-state index is -0.0358. The Morgan fingerprint density at radius 1 is 1.39 bits per heavy atom. The number of carbonyl (C=O) groups is 1. The maximum atomic E-state index is 12.0. The van der Waals surface area contributed by atoms with Crippen LogP contribution in [0.1, 0.15) is 20.3 Å². The molecule has 0 aromatic carbocycles. The van der Waals surface area contributed by atoms with Crippen LogP contribution in [0.25, 0.3) is 0 Å². The second kappa shape index (κ2) is 6.27. The number of carbonyl (C=O) groups excluding carboxylic acids is 1. The van der Waals surface area contributed by atoms with Crippen LogP contribution < -0.4 is 10.2 Å². The summed E-state index contributed by atoms with van der Waals surface area (Å²) in [4.78, 5) is 13.4. The van der Waals surface area contributed by atoms with Crippen LogP contribution in [0.3, 0.4) is 0 Å². The molecule has 0 heterocycles. The van der Waals surface area contributed by atoms with E-state index >= 15 is 0 Å². The summed E-state index contributed by atoms with van der Waals surface area (Å²) in [6.45, 7) is 5.94. The zero-order valence-electron chi connectivity index (χ0n) is 11.5. The highest BCUT2D eigenvalue weighted by Crippen LogP contribution is 2.59. The average Bonchev–Trinajstić information content (AvgIpc) is 2.74. The lowest BCUT2D eigenvalue weighted by Gasteiger charge is -2.08. The first-order valence-corrected chi connectivity index (χ1v) is 7.12. The number of rotatable bonds is 6. The standard InChI is InChI=1S/C13H22Cl2N2O/c1-13(2)9(8-10(14)15)11(13)12(18)16-6-5-7-17(3)4/h8-9,11H,5-7H2,1-4H3,(H,16,18)/p+1/t9-,11-/m1/s1. The Balaban J connectivity index is 2.37. The molecule has 2 N–H and O–H groups in total. The number of amides is 1. The highest BCUT2D eigenvalue weighted by Gasteiger charge is 2.60. The van der Waals surface area contributed by atoms with E-state index in [1.54, 1.807) is 6.08 Å². The van der Waals surface area contributed by atoms with Gasteiger partial charge in [-0.15, -0.1) is 0 Å². The Labute approximate surface area is 120 Å². The number of allylic oxidation sites excluding steroid dienone is 1. The van der Waals surface area contributed by atoms with Gasteiger partial charge in [-0.05, 0) is 17.4 Å². The van der Waals surface area contributed by atoms with Crippen molar-refractivity contribution in [1.82, 2.24) is 5.32 Å². The van der Waals surface area contributed by atoms with Crippen LogP contribution in [0.2, 0.25) is 0 Å². The van der Waals surface area contributed by atoms with E-state index in [4.69, 9.17) is 23.2 Å². The maximum Gasteiger partial charge on any atom is 0.224 e. The number of hydrogen-bond acceptors (Lipinski definition) is 1. The quantitative estimate of drug-likeness (QED) is 0.710. The normalized spacial score (nSPS) is 24.8. The van der Waals surface area contributed by atoms with Crippen molar-refractivity contribution < 1.29 is 9.69 Å². The molecule has 104 valence electrons. The van der Waals surface area contributed by atoms with Crippen LogP contribution in [0.15, 0.2) is 10.6 Å². The SMILES string of the molecule is C[NH+](C)CCCNC(=O)[C@H]1[C@@H](C=C(Cl)Cl)C1(C)C. The molecule has 2 atom stereocenters. The van der Waals surface area contributed by atoms with Crippen LogP contribution in [-0.2, 0) is 4.79 Å². The fourth-order valence-corrected chi connectivity index (χ4v) is 2.66. The van der Waals surface area contributed by atoms with Crippen molar-refractivity contribution in [3.63, 3.8) is 0 Å². The molecule has 0 unspecified atom stereocenters. The van der Waals surface area contributed by atoms with Crippen LogP contribution in [0, 0.1) is 17.3 Å². The van der Waals surface area contributed by atoms with E-state index in [1.165, 1.54) is 4.90 Å². The van der Waals surface area contributed by atoms with E-state index in [-0.39, 0.29) is 27.6 Å². The molecule has 1 fully saturated rings. The van der Waals surface area contributed by atoms with Gasteiger partial charge in [-0.1, -0.05) is 37.0 Å². The van der Waals surface area contributed by atoms with Gasteiger partial charge in [0, 0.05) is 13.0 Å². The van der Waals surface area contributed by atoms with Gasteiger partial charge in [-0.25, -0.2) is 0 Å². The van der Waals surface area contributed by atoms with E-state index in [0.717, 1.165) is 19.5 Å². The lowest BCUT2D eigenvalue weighted by molar-refractivity contribution is -0.858. The van der Waals surface area contributed by atoms with Gasteiger partial charge in [-0.2, -0.15) is 0 Å². The average molecular weight is 294 g/mol. The lowest BCUT2D eigenvalue weighted by atomic mass is 10.1. The fraction of sp³-hybridized carbons (Fsp3) is 0.769. The third kappa shape index (κ3) is 4.15. The van der Waals surface area contributed by atoms with Crippen molar-refractivity contribution in [3.05, 3.63) is 10.6 Å². The topological polar surface area (TPSA) is 33.5 Å². The minimum Gasteiger partial charge on any atom is -0.356 e. The molecule has 0 spiro atoms. The van der Waals surface area contributed by atoms with E-state index in [2.05, 4.69) is 33.3 Å². The summed E-state index contributed by atoms with van der Waals surface area (Å²) in [6, 6.07) is 0. The molecule has 0 bridgehead atoms. The second-order valence-electron chi connectivity index (χ2n) is 5.88. The van der Waals surface area contributed by atoms with Gasteiger partial charge in [0.2, 0.25) is 5.91 Å². The molecule has 1 rings (SSSR count). The Hall–Kier alpha value is -0.250. The van der Waals surface area contributed by atoms with Crippen molar-refractivity contribution in [2.45, 2.75) is 20.3 Å². The van der Waals surface area contributed by atoms with Gasteiger partial charge < -0.3 is 10.2 Å². The van der Waals surface area contributed by atoms with Crippen LogP contribution in [0.4, 0.5) is 0 Å². The molecule has 0 aliphatic heterocycles. The second-order valence-corrected chi connectivity index (χ2v) is 6.89. The molecule has 18 heavy (non-hydrogen) atoms. The predicted octanol–water partition coefficient (Wildman–Crippen LogP) is 1.23. The van der Waals surface area contributed by atoms with Gasteiger partial charge >= 0.3 is 0 Å². The Kier molecular flexibility index (Phi) is 5.50. The summed E-state index contributed by atoms with van der Waals surface area (Å²) in [5.41, 5.74) is -0.0358. The molecule has 1 saturated carbocycles. The number of hydrogen-bond donors (Lipinski definition) is 2. The van der Waals surface area contributed by atoms with Crippen LogP contribution in [0.5, 0.6) is 0 Å².